The summed E-state index contributed by atoms with van der Waals surface area (Å²) in [5.74, 6) is 0.379. The lowest BCUT2D eigenvalue weighted by Gasteiger charge is -2.23. The molecule has 1 aliphatic heterocycles. The van der Waals surface area contributed by atoms with Gasteiger partial charge in [-0.3, -0.25) is 0 Å². The molecule has 0 unspecified atom stereocenters. The third kappa shape index (κ3) is 4.46. The number of fused-ring (bicyclic) bond motifs is 2. The molecule has 0 saturated carbocycles. The van der Waals surface area contributed by atoms with Crippen LogP contribution in [-0.4, -0.2) is 50.2 Å². The van der Waals surface area contributed by atoms with E-state index in [1.807, 2.05) is 35.2 Å². The average Bonchev–Trinajstić information content (AvgIpc) is 3.16. The molecule has 0 atom stereocenters. The quantitative estimate of drug-likeness (QED) is 0.193. The summed E-state index contributed by atoms with van der Waals surface area (Å²) in [7, 11) is 1.53. The summed E-state index contributed by atoms with van der Waals surface area (Å²) in [4.78, 5) is 14.3. The van der Waals surface area contributed by atoms with E-state index in [0.29, 0.717) is 48.8 Å². The van der Waals surface area contributed by atoms with Crippen molar-refractivity contribution in [3.8, 4) is 16.9 Å². The lowest BCUT2D eigenvalue weighted by Crippen LogP contribution is -2.27. The van der Waals surface area contributed by atoms with Gasteiger partial charge >= 0.3 is 0 Å². The molecule has 0 N–H and O–H groups in total. The highest BCUT2D eigenvalue weighted by atomic mass is 35.5. The molecule has 1 saturated heterocycles. The fraction of sp³-hybridized carbons (Fsp3) is 0.269. The van der Waals surface area contributed by atoms with Crippen LogP contribution in [0.3, 0.4) is 0 Å². The highest BCUT2D eigenvalue weighted by Gasteiger charge is 2.24. The monoisotopic (exact) mass is 492 g/mol. The Morgan fingerprint density at radius 1 is 1.14 bits per heavy atom. The number of hydrogen-bond acceptors (Lipinski definition) is 6. The Morgan fingerprint density at radius 2 is 2.00 bits per heavy atom. The molecule has 1 aromatic heterocycles. The molecule has 0 bridgehead atoms. The van der Waals surface area contributed by atoms with Gasteiger partial charge in [0, 0.05) is 37.8 Å². The highest BCUT2D eigenvalue weighted by Crippen LogP contribution is 2.44. The van der Waals surface area contributed by atoms with Gasteiger partial charge in [-0.1, -0.05) is 24.3 Å². The van der Waals surface area contributed by atoms with Crippen molar-refractivity contribution in [1.29, 1.82) is 0 Å². The number of rotatable bonds is 5. The zero-order valence-electron chi connectivity index (χ0n) is 19.1. The van der Waals surface area contributed by atoms with Crippen LogP contribution in [0, 0.1) is 12.4 Å². The Balaban J connectivity index is 1.78. The maximum atomic E-state index is 16.3. The normalized spacial score (nSPS) is 14.2. The minimum absolute atomic E-state index is 0.0411. The van der Waals surface area contributed by atoms with Crippen molar-refractivity contribution in [2.75, 3.05) is 45.1 Å². The van der Waals surface area contributed by atoms with Crippen LogP contribution < -0.4 is 9.64 Å². The van der Waals surface area contributed by atoms with E-state index in [1.165, 1.54) is 7.11 Å². The molecule has 1 aliphatic rings. The van der Waals surface area contributed by atoms with E-state index < -0.39 is 5.82 Å². The molecular weight excluding hydrogens is 471 g/mol. The maximum absolute atomic E-state index is 16.3. The standard InChI is InChI=1S/C26H22ClFN4O3/c1-29-21-14-20-24(30-26(27)31-25(20)32-8-5-10-34-11-9-32)23(28)22(21)19-13-17(35-15-33-2)12-16-6-3-4-7-18(16)19/h3-4,6-7,12-14H,5,8-11,15H2,2H3. The summed E-state index contributed by atoms with van der Waals surface area (Å²) >= 11 is 6.26. The molecule has 0 aliphatic carbocycles. The molecule has 0 amide bonds. The first-order chi connectivity index (χ1) is 17.1. The Kier molecular flexibility index (Phi) is 6.64. The molecular formula is C26H22ClFN4O3. The number of aromatic nitrogens is 2. The minimum Gasteiger partial charge on any atom is -0.468 e. The molecule has 2 heterocycles. The third-order valence-electron chi connectivity index (χ3n) is 5.95. The summed E-state index contributed by atoms with van der Waals surface area (Å²) in [6.07, 6.45) is 0.805. The van der Waals surface area contributed by atoms with Gasteiger partial charge in [0.2, 0.25) is 5.28 Å². The smallest absolute Gasteiger partial charge is 0.225 e. The van der Waals surface area contributed by atoms with E-state index in [2.05, 4.69) is 14.8 Å². The van der Waals surface area contributed by atoms with Crippen LogP contribution in [-0.2, 0) is 9.47 Å². The number of anilines is 1. The van der Waals surface area contributed by atoms with Crippen LogP contribution in [0.2, 0.25) is 5.28 Å². The Hall–Kier alpha value is -3.51. The summed E-state index contributed by atoms with van der Waals surface area (Å²) < 4.78 is 32.6. The van der Waals surface area contributed by atoms with E-state index in [1.54, 1.807) is 12.1 Å². The summed E-state index contributed by atoms with van der Waals surface area (Å²) in [5.41, 5.74) is 0.896. The average molecular weight is 493 g/mol. The Bertz CT molecular complexity index is 1450. The van der Waals surface area contributed by atoms with E-state index >= 15 is 4.39 Å². The molecule has 178 valence electrons. The zero-order chi connectivity index (χ0) is 24.4. The zero-order valence-corrected chi connectivity index (χ0v) is 19.8. The van der Waals surface area contributed by atoms with Gasteiger partial charge in [-0.2, -0.15) is 4.98 Å². The second-order valence-electron chi connectivity index (χ2n) is 8.10. The van der Waals surface area contributed by atoms with Crippen LogP contribution in [0.5, 0.6) is 5.75 Å². The van der Waals surface area contributed by atoms with Crippen molar-refractivity contribution in [2.24, 2.45) is 0 Å². The lowest BCUT2D eigenvalue weighted by atomic mass is 9.94. The number of hydrogen-bond donors (Lipinski definition) is 0. The van der Waals surface area contributed by atoms with E-state index in [-0.39, 0.29) is 28.8 Å². The topological polar surface area (TPSA) is 61.1 Å². The first-order valence-corrected chi connectivity index (χ1v) is 11.5. The lowest BCUT2D eigenvalue weighted by molar-refractivity contribution is 0.0512. The van der Waals surface area contributed by atoms with Gasteiger partial charge < -0.3 is 19.1 Å². The molecule has 9 heteroatoms. The van der Waals surface area contributed by atoms with Gasteiger partial charge in [-0.05, 0) is 52.6 Å². The second kappa shape index (κ2) is 10.0. The van der Waals surface area contributed by atoms with E-state index in [4.69, 9.17) is 32.4 Å². The number of nitrogens with zero attached hydrogens (tertiary/aromatic N) is 4. The van der Waals surface area contributed by atoms with Crippen molar-refractivity contribution in [3.05, 3.63) is 65.0 Å². The van der Waals surface area contributed by atoms with Gasteiger partial charge in [0.15, 0.2) is 12.5 Å². The third-order valence-corrected chi connectivity index (χ3v) is 6.12. The molecule has 5 rings (SSSR count). The fourth-order valence-electron chi connectivity index (χ4n) is 4.41. The van der Waals surface area contributed by atoms with Crippen molar-refractivity contribution >= 4 is 44.8 Å². The van der Waals surface area contributed by atoms with Gasteiger partial charge in [0.25, 0.3) is 0 Å². The van der Waals surface area contributed by atoms with Crippen molar-refractivity contribution in [2.45, 2.75) is 6.42 Å². The summed E-state index contributed by atoms with van der Waals surface area (Å²) in [6.45, 7) is 10.4. The number of methoxy groups -OCH3 is 1. The molecule has 0 spiro atoms. The minimum atomic E-state index is -0.626. The molecule has 35 heavy (non-hydrogen) atoms. The van der Waals surface area contributed by atoms with Gasteiger partial charge in [0.1, 0.15) is 22.9 Å². The summed E-state index contributed by atoms with van der Waals surface area (Å²) in [5, 5.41) is 2.02. The van der Waals surface area contributed by atoms with E-state index in [9.17, 15) is 0 Å². The largest absolute Gasteiger partial charge is 0.468 e. The Labute approximate surface area is 206 Å². The first-order valence-electron chi connectivity index (χ1n) is 11.2. The molecule has 3 aromatic carbocycles. The molecule has 0 radical (unpaired) electrons. The maximum Gasteiger partial charge on any atom is 0.225 e. The van der Waals surface area contributed by atoms with Crippen molar-refractivity contribution < 1.29 is 18.6 Å². The number of halogens is 2. The molecule has 1 fully saturated rings. The van der Waals surface area contributed by atoms with Crippen LogP contribution in [0.1, 0.15) is 6.42 Å². The van der Waals surface area contributed by atoms with Gasteiger partial charge in [0.05, 0.1) is 13.2 Å². The van der Waals surface area contributed by atoms with Crippen molar-refractivity contribution in [1.82, 2.24) is 9.97 Å². The molecule has 7 nitrogen and oxygen atoms in total. The predicted molar refractivity (Wildman–Crippen MR) is 134 cm³/mol. The number of ether oxygens (including phenoxy) is 3. The van der Waals surface area contributed by atoms with Crippen LogP contribution in [0.25, 0.3) is 37.6 Å². The predicted octanol–water partition coefficient (Wildman–Crippen LogP) is 6.00. The van der Waals surface area contributed by atoms with Crippen LogP contribution in [0.15, 0.2) is 42.5 Å². The molecule has 4 aromatic rings. The Morgan fingerprint density at radius 3 is 2.83 bits per heavy atom. The van der Waals surface area contributed by atoms with Crippen LogP contribution in [0.4, 0.5) is 15.9 Å². The van der Waals surface area contributed by atoms with Crippen LogP contribution >= 0.6 is 11.6 Å². The van der Waals surface area contributed by atoms with Gasteiger partial charge in [-0.25, -0.2) is 14.2 Å². The SMILES string of the molecule is [C-]#[N+]c1cc2c(N3CCCOCC3)nc(Cl)nc2c(F)c1-c1cc(OCOC)cc2ccccc12. The van der Waals surface area contributed by atoms with E-state index in [0.717, 1.165) is 17.2 Å². The second-order valence-corrected chi connectivity index (χ2v) is 8.44. The number of benzene rings is 3. The summed E-state index contributed by atoms with van der Waals surface area (Å²) in [6, 6.07) is 12.8. The highest BCUT2D eigenvalue weighted by molar-refractivity contribution is 6.29. The first kappa shape index (κ1) is 23.2. The fourth-order valence-corrected chi connectivity index (χ4v) is 4.58. The van der Waals surface area contributed by atoms with Crippen molar-refractivity contribution in [3.63, 3.8) is 0 Å². The van der Waals surface area contributed by atoms with Gasteiger partial charge in [-0.15, -0.1) is 0 Å².